The van der Waals surface area contributed by atoms with Gasteiger partial charge in [-0.3, -0.25) is 4.79 Å². The van der Waals surface area contributed by atoms with E-state index in [9.17, 15) is 13.2 Å². The summed E-state index contributed by atoms with van der Waals surface area (Å²) >= 11 is 0. The Balaban J connectivity index is 2.12. The van der Waals surface area contributed by atoms with E-state index in [0.29, 0.717) is 12.0 Å². The lowest BCUT2D eigenvalue weighted by molar-refractivity contribution is 0.0993. The average molecular weight is 302 g/mol. The SMILES string of the molecule is CCc1ccc(CC(=O)c2ccc(S(C)(=O)=O)cc2)cc1. The van der Waals surface area contributed by atoms with Gasteiger partial charge in [-0.1, -0.05) is 43.3 Å². The number of hydrogen-bond acceptors (Lipinski definition) is 3. The monoisotopic (exact) mass is 302 g/mol. The summed E-state index contributed by atoms with van der Waals surface area (Å²) in [4.78, 5) is 12.4. The Morgan fingerprint density at radius 3 is 1.90 bits per heavy atom. The summed E-state index contributed by atoms with van der Waals surface area (Å²) in [5.74, 6) is -0.0145. The van der Waals surface area contributed by atoms with Gasteiger partial charge in [-0.2, -0.15) is 0 Å². The number of ketones is 1. The van der Waals surface area contributed by atoms with Crippen molar-refractivity contribution in [1.29, 1.82) is 0 Å². The molecule has 0 amide bonds. The molecule has 2 rings (SSSR count). The van der Waals surface area contributed by atoms with Gasteiger partial charge < -0.3 is 0 Å². The van der Waals surface area contributed by atoms with Crippen molar-refractivity contribution in [3.63, 3.8) is 0 Å². The Bertz CT molecular complexity index is 727. The lowest BCUT2D eigenvalue weighted by Crippen LogP contribution is -2.04. The van der Waals surface area contributed by atoms with Crippen LogP contribution in [-0.2, 0) is 22.7 Å². The van der Waals surface area contributed by atoms with Gasteiger partial charge >= 0.3 is 0 Å². The standard InChI is InChI=1S/C17H18O3S/c1-3-13-4-6-14(7-5-13)12-17(18)15-8-10-16(11-9-15)21(2,19)20/h4-11H,3,12H2,1-2H3. The third kappa shape index (κ3) is 4.02. The molecule has 0 spiro atoms. The van der Waals surface area contributed by atoms with E-state index < -0.39 is 9.84 Å². The maximum absolute atomic E-state index is 12.2. The molecule has 0 saturated carbocycles. The fraction of sp³-hybridized carbons (Fsp3) is 0.235. The zero-order valence-electron chi connectivity index (χ0n) is 12.2. The highest BCUT2D eigenvalue weighted by molar-refractivity contribution is 7.90. The largest absolute Gasteiger partial charge is 0.294 e. The Morgan fingerprint density at radius 1 is 0.905 bits per heavy atom. The fourth-order valence-electron chi connectivity index (χ4n) is 2.07. The smallest absolute Gasteiger partial charge is 0.175 e. The van der Waals surface area contributed by atoms with Gasteiger partial charge in [0.2, 0.25) is 0 Å². The van der Waals surface area contributed by atoms with Crippen molar-refractivity contribution < 1.29 is 13.2 Å². The molecule has 0 aliphatic heterocycles. The van der Waals surface area contributed by atoms with E-state index >= 15 is 0 Å². The molecule has 0 fully saturated rings. The molecule has 0 unspecified atom stereocenters. The minimum atomic E-state index is -3.22. The molecule has 110 valence electrons. The molecule has 0 saturated heterocycles. The lowest BCUT2D eigenvalue weighted by atomic mass is 10.0. The van der Waals surface area contributed by atoms with Crippen LogP contribution >= 0.6 is 0 Å². The highest BCUT2D eigenvalue weighted by Gasteiger charge is 2.10. The Hall–Kier alpha value is -1.94. The van der Waals surface area contributed by atoms with Crippen molar-refractivity contribution in [3.8, 4) is 0 Å². The van der Waals surface area contributed by atoms with Crippen molar-refractivity contribution in [2.75, 3.05) is 6.26 Å². The molecule has 0 N–H and O–H groups in total. The van der Waals surface area contributed by atoms with Crippen LogP contribution in [0.5, 0.6) is 0 Å². The van der Waals surface area contributed by atoms with E-state index in [4.69, 9.17) is 0 Å². The molecule has 0 heterocycles. The summed E-state index contributed by atoms with van der Waals surface area (Å²) in [6.07, 6.45) is 2.45. The Labute approximate surface area is 125 Å². The third-order valence-electron chi connectivity index (χ3n) is 3.40. The van der Waals surface area contributed by atoms with Crippen LogP contribution in [0.25, 0.3) is 0 Å². The molecule has 0 atom stereocenters. The van der Waals surface area contributed by atoms with Crippen molar-refractivity contribution in [1.82, 2.24) is 0 Å². The Kier molecular flexibility index (Phi) is 4.58. The number of aryl methyl sites for hydroxylation is 1. The number of benzene rings is 2. The second-order valence-electron chi connectivity index (χ2n) is 5.07. The molecular weight excluding hydrogens is 284 g/mol. The van der Waals surface area contributed by atoms with Crippen LogP contribution in [0.2, 0.25) is 0 Å². The van der Waals surface area contributed by atoms with Gasteiger partial charge in [-0.25, -0.2) is 8.42 Å². The van der Waals surface area contributed by atoms with Gasteiger partial charge in [-0.05, 0) is 29.7 Å². The molecule has 0 aromatic heterocycles. The van der Waals surface area contributed by atoms with Crippen LogP contribution in [-0.4, -0.2) is 20.5 Å². The van der Waals surface area contributed by atoms with Crippen LogP contribution in [0.4, 0.5) is 0 Å². The number of carbonyl (C=O) groups is 1. The third-order valence-corrected chi connectivity index (χ3v) is 4.53. The van der Waals surface area contributed by atoms with E-state index in [1.165, 1.54) is 17.7 Å². The van der Waals surface area contributed by atoms with Crippen LogP contribution in [0.15, 0.2) is 53.4 Å². The quantitative estimate of drug-likeness (QED) is 0.798. The second-order valence-corrected chi connectivity index (χ2v) is 7.08. The lowest BCUT2D eigenvalue weighted by Gasteiger charge is -2.04. The van der Waals surface area contributed by atoms with Crippen LogP contribution in [0.3, 0.4) is 0 Å². The predicted octanol–water partition coefficient (Wildman–Crippen LogP) is 3.08. The molecule has 21 heavy (non-hydrogen) atoms. The average Bonchev–Trinajstić information content (AvgIpc) is 2.47. The van der Waals surface area contributed by atoms with E-state index in [2.05, 4.69) is 6.92 Å². The van der Waals surface area contributed by atoms with Crippen molar-refractivity contribution in [2.45, 2.75) is 24.7 Å². The number of rotatable bonds is 5. The number of hydrogen-bond donors (Lipinski definition) is 0. The minimum Gasteiger partial charge on any atom is -0.294 e. The highest BCUT2D eigenvalue weighted by Crippen LogP contribution is 2.13. The first-order valence-electron chi connectivity index (χ1n) is 6.81. The van der Waals surface area contributed by atoms with Crippen LogP contribution in [0.1, 0.15) is 28.4 Å². The van der Waals surface area contributed by atoms with Gasteiger partial charge in [0.1, 0.15) is 0 Å². The van der Waals surface area contributed by atoms with Crippen LogP contribution in [0, 0.1) is 0 Å². The molecule has 0 aliphatic rings. The summed E-state index contributed by atoms with van der Waals surface area (Å²) in [5, 5.41) is 0. The van der Waals surface area contributed by atoms with Gasteiger partial charge in [0.15, 0.2) is 15.6 Å². The van der Waals surface area contributed by atoms with Gasteiger partial charge in [0.05, 0.1) is 4.90 Å². The van der Waals surface area contributed by atoms with Crippen molar-refractivity contribution in [2.24, 2.45) is 0 Å². The number of Topliss-reactive ketones (excluding diaryl/α,β-unsaturated/α-hetero) is 1. The molecule has 0 aliphatic carbocycles. The molecular formula is C17H18O3S. The van der Waals surface area contributed by atoms with E-state index in [-0.39, 0.29) is 10.7 Å². The topological polar surface area (TPSA) is 51.2 Å². The number of carbonyl (C=O) groups excluding carboxylic acids is 1. The molecule has 0 radical (unpaired) electrons. The van der Waals surface area contributed by atoms with Crippen LogP contribution < -0.4 is 0 Å². The summed E-state index contributed by atoms with van der Waals surface area (Å²) in [5.41, 5.74) is 2.73. The summed E-state index contributed by atoms with van der Waals surface area (Å²) < 4.78 is 22.8. The van der Waals surface area contributed by atoms with Crippen molar-refractivity contribution >= 4 is 15.6 Å². The zero-order valence-corrected chi connectivity index (χ0v) is 13.0. The normalized spacial score (nSPS) is 11.3. The van der Waals surface area contributed by atoms with E-state index in [1.807, 2.05) is 24.3 Å². The first-order chi connectivity index (χ1) is 9.90. The van der Waals surface area contributed by atoms with E-state index in [1.54, 1.807) is 12.1 Å². The first-order valence-corrected chi connectivity index (χ1v) is 8.70. The Morgan fingerprint density at radius 2 is 1.43 bits per heavy atom. The fourth-order valence-corrected chi connectivity index (χ4v) is 2.70. The maximum atomic E-state index is 12.2. The molecule has 3 nitrogen and oxygen atoms in total. The van der Waals surface area contributed by atoms with Crippen molar-refractivity contribution in [3.05, 3.63) is 65.2 Å². The highest BCUT2D eigenvalue weighted by atomic mass is 32.2. The molecule has 4 heteroatoms. The molecule has 0 bridgehead atoms. The predicted molar refractivity (Wildman–Crippen MR) is 83.4 cm³/mol. The second kappa shape index (κ2) is 6.22. The van der Waals surface area contributed by atoms with Gasteiger partial charge in [-0.15, -0.1) is 0 Å². The summed E-state index contributed by atoms with van der Waals surface area (Å²) in [6.45, 7) is 2.09. The van der Waals surface area contributed by atoms with Gasteiger partial charge in [0, 0.05) is 18.2 Å². The molecule has 2 aromatic rings. The zero-order chi connectivity index (χ0) is 15.5. The minimum absolute atomic E-state index is 0.0145. The van der Waals surface area contributed by atoms with E-state index in [0.717, 1.165) is 18.2 Å². The maximum Gasteiger partial charge on any atom is 0.175 e. The first kappa shape index (κ1) is 15.4. The van der Waals surface area contributed by atoms with Gasteiger partial charge in [0.25, 0.3) is 0 Å². The summed E-state index contributed by atoms with van der Waals surface area (Å²) in [6, 6.07) is 14.1. The number of sulfone groups is 1. The molecule has 2 aromatic carbocycles. The summed E-state index contributed by atoms with van der Waals surface area (Å²) in [7, 11) is -3.22.